The Morgan fingerprint density at radius 1 is 1.26 bits per heavy atom. The van der Waals surface area contributed by atoms with Crippen LogP contribution in [-0.4, -0.2) is 10.9 Å². The summed E-state index contributed by atoms with van der Waals surface area (Å²) < 4.78 is 5.46. The van der Waals surface area contributed by atoms with E-state index >= 15 is 0 Å². The van der Waals surface area contributed by atoms with Crippen molar-refractivity contribution < 1.29 is 4.42 Å². The summed E-state index contributed by atoms with van der Waals surface area (Å²) in [6.45, 7) is 3.88. The van der Waals surface area contributed by atoms with E-state index < -0.39 is 0 Å². The molecule has 1 aromatic heterocycles. The fourth-order valence-corrected chi connectivity index (χ4v) is 2.45. The van der Waals surface area contributed by atoms with Crippen LogP contribution in [0.4, 0.5) is 5.69 Å². The van der Waals surface area contributed by atoms with Gasteiger partial charge in [-0.3, -0.25) is 4.90 Å². The fraction of sp³-hybridized carbons (Fsp3) is 0.375. The molecule has 1 fully saturated rings. The molecule has 0 spiro atoms. The van der Waals surface area contributed by atoms with Gasteiger partial charge < -0.3 is 10.2 Å². The first-order chi connectivity index (χ1) is 9.22. The van der Waals surface area contributed by atoms with E-state index in [1.54, 1.807) is 6.26 Å². The van der Waals surface area contributed by atoms with Gasteiger partial charge in [0.15, 0.2) is 0 Å². The Labute approximate surface area is 114 Å². The number of hydrogen-bond donors (Lipinski definition) is 1. The van der Waals surface area contributed by atoms with Gasteiger partial charge in [-0.2, -0.15) is 0 Å². The Morgan fingerprint density at radius 3 is 2.79 bits per heavy atom. The van der Waals surface area contributed by atoms with E-state index in [0.717, 1.165) is 24.5 Å². The smallest absolute Gasteiger partial charge is 0.117 e. The molecule has 1 aliphatic rings. The van der Waals surface area contributed by atoms with Gasteiger partial charge in [0.05, 0.1) is 12.8 Å². The third-order valence-electron chi connectivity index (χ3n) is 3.67. The predicted octanol–water partition coefficient (Wildman–Crippen LogP) is 3.33. The van der Waals surface area contributed by atoms with Gasteiger partial charge in [-0.25, -0.2) is 0 Å². The molecule has 1 saturated carbocycles. The minimum absolute atomic E-state index is 0.685. The van der Waals surface area contributed by atoms with Crippen LogP contribution in [0.5, 0.6) is 0 Å². The molecule has 0 amide bonds. The van der Waals surface area contributed by atoms with E-state index in [0.29, 0.717) is 6.04 Å². The summed E-state index contributed by atoms with van der Waals surface area (Å²) in [5.41, 5.74) is 9.45. The van der Waals surface area contributed by atoms with E-state index in [4.69, 9.17) is 10.2 Å². The van der Waals surface area contributed by atoms with Crippen molar-refractivity contribution in [2.24, 2.45) is 0 Å². The molecule has 0 atom stereocenters. The first-order valence-corrected chi connectivity index (χ1v) is 6.84. The largest absolute Gasteiger partial charge is 0.468 e. The number of aryl methyl sites for hydroxylation is 1. The van der Waals surface area contributed by atoms with Gasteiger partial charge in [0.25, 0.3) is 0 Å². The van der Waals surface area contributed by atoms with Crippen molar-refractivity contribution in [2.75, 3.05) is 5.73 Å². The summed E-state index contributed by atoms with van der Waals surface area (Å²) in [6.07, 6.45) is 4.31. The zero-order valence-corrected chi connectivity index (χ0v) is 11.3. The SMILES string of the molecule is Cc1ccc(N)c(CN(Cc2ccco2)C2CC2)c1. The number of rotatable bonds is 5. The molecule has 2 aromatic rings. The average molecular weight is 256 g/mol. The van der Waals surface area contributed by atoms with E-state index in [1.807, 2.05) is 18.2 Å². The molecule has 19 heavy (non-hydrogen) atoms. The maximum absolute atomic E-state index is 6.08. The molecule has 3 nitrogen and oxygen atoms in total. The molecule has 1 aliphatic carbocycles. The van der Waals surface area contributed by atoms with E-state index in [9.17, 15) is 0 Å². The maximum atomic E-state index is 6.08. The summed E-state index contributed by atoms with van der Waals surface area (Å²) >= 11 is 0. The highest BCUT2D eigenvalue weighted by Crippen LogP contribution is 2.31. The Hall–Kier alpha value is -1.74. The lowest BCUT2D eigenvalue weighted by molar-refractivity contribution is 0.225. The first kappa shape index (κ1) is 12.3. The number of anilines is 1. The van der Waals surface area contributed by atoms with Crippen LogP contribution < -0.4 is 5.73 Å². The van der Waals surface area contributed by atoms with Crippen LogP contribution in [0.15, 0.2) is 41.0 Å². The minimum atomic E-state index is 0.685. The average Bonchev–Trinajstić information content (AvgIpc) is 3.12. The predicted molar refractivity (Wildman–Crippen MR) is 76.6 cm³/mol. The summed E-state index contributed by atoms with van der Waals surface area (Å²) in [6, 6.07) is 10.9. The monoisotopic (exact) mass is 256 g/mol. The Morgan fingerprint density at radius 2 is 2.11 bits per heavy atom. The van der Waals surface area contributed by atoms with Gasteiger partial charge in [0.2, 0.25) is 0 Å². The van der Waals surface area contributed by atoms with Crippen LogP contribution in [0.25, 0.3) is 0 Å². The summed E-state index contributed by atoms with van der Waals surface area (Å²) in [7, 11) is 0. The molecular weight excluding hydrogens is 236 g/mol. The molecule has 0 unspecified atom stereocenters. The summed E-state index contributed by atoms with van der Waals surface area (Å²) in [5.74, 6) is 1.03. The number of benzene rings is 1. The van der Waals surface area contributed by atoms with Crippen LogP contribution in [-0.2, 0) is 13.1 Å². The van der Waals surface area contributed by atoms with Gasteiger partial charge >= 0.3 is 0 Å². The number of nitrogens with zero attached hydrogens (tertiary/aromatic N) is 1. The summed E-state index contributed by atoms with van der Waals surface area (Å²) in [5, 5.41) is 0. The Balaban J connectivity index is 1.76. The highest BCUT2D eigenvalue weighted by molar-refractivity contribution is 5.48. The molecule has 2 N–H and O–H groups in total. The van der Waals surface area contributed by atoms with Crippen LogP contribution in [0.2, 0.25) is 0 Å². The number of nitrogen functional groups attached to an aromatic ring is 1. The lowest BCUT2D eigenvalue weighted by Crippen LogP contribution is -2.25. The molecule has 0 bridgehead atoms. The van der Waals surface area contributed by atoms with Crippen molar-refractivity contribution in [1.82, 2.24) is 4.90 Å². The van der Waals surface area contributed by atoms with E-state index in [-0.39, 0.29) is 0 Å². The lowest BCUT2D eigenvalue weighted by Gasteiger charge is -2.22. The van der Waals surface area contributed by atoms with Crippen molar-refractivity contribution in [3.63, 3.8) is 0 Å². The zero-order chi connectivity index (χ0) is 13.2. The van der Waals surface area contributed by atoms with Gasteiger partial charge in [0, 0.05) is 18.3 Å². The third-order valence-corrected chi connectivity index (χ3v) is 3.67. The van der Waals surface area contributed by atoms with Gasteiger partial charge in [-0.05, 0) is 43.5 Å². The molecule has 0 radical (unpaired) electrons. The Bertz CT molecular complexity index is 544. The number of furan rings is 1. The maximum Gasteiger partial charge on any atom is 0.117 e. The molecule has 3 rings (SSSR count). The van der Waals surface area contributed by atoms with Crippen LogP contribution in [0.1, 0.15) is 29.7 Å². The second-order valence-electron chi connectivity index (χ2n) is 5.42. The number of hydrogen-bond acceptors (Lipinski definition) is 3. The molecule has 1 heterocycles. The molecule has 0 saturated heterocycles. The molecule has 1 aromatic carbocycles. The quantitative estimate of drug-likeness (QED) is 0.834. The van der Waals surface area contributed by atoms with Crippen molar-refractivity contribution in [3.05, 3.63) is 53.5 Å². The standard InChI is InChI=1S/C16H20N2O/c1-12-4-7-16(17)13(9-12)10-18(14-5-6-14)11-15-3-2-8-19-15/h2-4,7-9,14H,5-6,10-11,17H2,1H3. The highest BCUT2D eigenvalue weighted by Gasteiger charge is 2.29. The second-order valence-corrected chi connectivity index (χ2v) is 5.42. The van der Waals surface area contributed by atoms with Crippen LogP contribution in [0.3, 0.4) is 0 Å². The minimum Gasteiger partial charge on any atom is -0.468 e. The van der Waals surface area contributed by atoms with Crippen LogP contribution >= 0.6 is 0 Å². The molecular formula is C16H20N2O. The normalized spacial score (nSPS) is 15.1. The molecule has 3 heteroatoms. The molecule has 0 aliphatic heterocycles. The van der Waals surface area contributed by atoms with Crippen molar-refractivity contribution in [1.29, 1.82) is 0 Å². The Kier molecular flexibility index (Phi) is 3.30. The first-order valence-electron chi connectivity index (χ1n) is 6.84. The van der Waals surface area contributed by atoms with E-state index in [2.05, 4.69) is 24.0 Å². The third kappa shape index (κ3) is 2.99. The van der Waals surface area contributed by atoms with Gasteiger partial charge in [-0.1, -0.05) is 17.7 Å². The van der Waals surface area contributed by atoms with Gasteiger partial charge in [0.1, 0.15) is 5.76 Å². The molecule has 100 valence electrons. The lowest BCUT2D eigenvalue weighted by atomic mass is 10.1. The van der Waals surface area contributed by atoms with Crippen molar-refractivity contribution in [3.8, 4) is 0 Å². The zero-order valence-electron chi connectivity index (χ0n) is 11.3. The van der Waals surface area contributed by atoms with Crippen molar-refractivity contribution >= 4 is 5.69 Å². The topological polar surface area (TPSA) is 42.4 Å². The highest BCUT2D eigenvalue weighted by atomic mass is 16.3. The van der Waals surface area contributed by atoms with Crippen molar-refractivity contribution in [2.45, 2.75) is 38.9 Å². The summed E-state index contributed by atoms with van der Waals surface area (Å²) in [4.78, 5) is 2.46. The number of nitrogens with two attached hydrogens (primary N) is 1. The van der Waals surface area contributed by atoms with Crippen LogP contribution in [0, 0.1) is 6.92 Å². The van der Waals surface area contributed by atoms with E-state index in [1.165, 1.54) is 24.0 Å². The fourth-order valence-electron chi connectivity index (χ4n) is 2.45. The second kappa shape index (κ2) is 5.10. The van der Waals surface area contributed by atoms with Gasteiger partial charge in [-0.15, -0.1) is 0 Å².